The number of hydrogen-bond donors (Lipinski definition) is 2. The fourth-order valence-corrected chi connectivity index (χ4v) is 3.02. The van der Waals surface area contributed by atoms with Crippen molar-refractivity contribution in [2.75, 3.05) is 6.54 Å². The van der Waals surface area contributed by atoms with Gasteiger partial charge in [-0.05, 0) is 38.5 Å². The van der Waals surface area contributed by atoms with Gasteiger partial charge in [0.1, 0.15) is 0 Å². The number of carbonyl (C=O) groups is 2. The Balaban J connectivity index is 2.54. The summed E-state index contributed by atoms with van der Waals surface area (Å²) in [4.78, 5) is 24.8. The summed E-state index contributed by atoms with van der Waals surface area (Å²) in [5.74, 6) is 0.327. The van der Waals surface area contributed by atoms with Gasteiger partial charge in [-0.25, -0.2) is 4.79 Å². The smallest absolute Gasteiger partial charge is 0.317 e. The molecule has 0 spiro atoms. The number of urea groups is 1. The maximum atomic E-state index is 12.4. The molecule has 122 valence electrons. The monoisotopic (exact) mass is 298 g/mol. The van der Waals surface area contributed by atoms with Crippen LogP contribution in [0.15, 0.2) is 0 Å². The van der Waals surface area contributed by atoms with Crippen molar-refractivity contribution < 1.29 is 14.7 Å². The molecule has 3 unspecified atom stereocenters. The molecule has 0 aliphatic heterocycles. The summed E-state index contributed by atoms with van der Waals surface area (Å²) in [6, 6.07) is 0.262. The average molecular weight is 298 g/mol. The standard InChI is InChI=1S/C16H30N2O3/c1-11(2)18(10-6-9-15(19)20)16(21)17-14-8-5-7-12(3)13(14)4/h11-14H,5-10H2,1-4H3,(H,17,21)(H,19,20). The fourth-order valence-electron chi connectivity index (χ4n) is 3.02. The Morgan fingerprint density at radius 3 is 2.52 bits per heavy atom. The zero-order valence-corrected chi connectivity index (χ0v) is 13.8. The highest BCUT2D eigenvalue weighted by Crippen LogP contribution is 2.29. The summed E-state index contributed by atoms with van der Waals surface area (Å²) in [6.07, 6.45) is 4.04. The minimum atomic E-state index is -0.811. The summed E-state index contributed by atoms with van der Waals surface area (Å²) >= 11 is 0. The lowest BCUT2D eigenvalue weighted by Gasteiger charge is -2.37. The Morgan fingerprint density at radius 1 is 1.29 bits per heavy atom. The van der Waals surface area contributed by atoms with Crippen molar-refractivity contribution in [3.8, 4) is 0 Å². The van der Waals surface area contributed by atoms with Crippen molar-refractivity contribution in [2.24, 2.45) is 11.8 Å². The van der Waals surface area contributed by atoms with Gasteiger partial charge in [-0.1, -0.05) is 26.7 Å². The molecule has 21 heavy (non-hydrogen) atoms. The van der Waals surface area contributed by atoms with E-state index in [4.69, 9.17) is 5.11 Å². The molecule has 1 aliphatic rings. The van der Waals surface area contributed by atoms with E-state index in [1.54, 1.807) is 4.90 Å². The van der Waals surface area contributed by atoms with E-state index in [1.165, 1.54) is 6.42 Å². The third-order valence-electron chi connectivity index (χ3n) is 4.69. The second-order valence-electron chi connectivity index (χ2n) is 6.61. The fraction of sp³-hybridized carbons (Fsp3) is 0.875. The van der Waals surface area contributed by atoms with Gasteiger partial charge >= 0.3 is 12.0 Å². The van der Waals surface area contributed by atoms with Gasteiger partial charge in [0.05, 0.1) is 0 Å². The lowest BCUT2D eigenvalue weighted by Crippen LogP contribution is -2.51. The van der Waals surface area contributed by atoms with Crippen LogP contribution in [0.2, 0.25) is 0 Å². The quantitative estimate of drug-likeness (QED) is 0.791. The number of nitrogens with zero attached hydrogens (tertiary/aromatic N) is 1. The first-order chi connectivity index (χ1) is 9.82. The largest absolute Gasteiger partial charge is 0.481 e. The first-order valence-electron chi connectivity index (χ1n) is 8.11. The number of amides is 2. The number of carboxylic acids is 1. The number of carbonyl (C=O) groups excluding carboxylic acids is 1. The van der Waals surface area contributed by atoms with Crippen molar-refractivity contribution >= 4 is 12.0 Å². The van der Waals surface area contributed by atoms with Crippen LogP contribution in [0.1, 0.15) is 59.8 Å². The topological polar surface area (TPSA) is 69.6 Å². The summed E-state index contributed by atoms with van der Waals surface area (Å²) in [5.41, 5.74) is 0. The number of carboxylic acid groups (broad SMARTS) is 1. The maximum Gasteiger partial charge on any atom is 0.317 e. The van der Waals surface area contributed by atoms with Crippen LogP contribution in [0, 0.1) is 11.8 Å². The Hall–Kier alpha value is -1.26. The van der Waals surface area contributed by atoms with E-state index in [9.17, 15) is 9.59 Å². The van der Waals surface area contributed by atoms with Crippen LogP contribution < -0.4 is 5.32 Å². The third-order valence-corrected chi connectivity index (χ3v) is 4.69. The van der Waals surface area contributed by atoms with Gasteiger partial charge in [0, 0.05) is 25.0 Å². The van der Waals surface area contributed by atoms with Crippen molar-refractivity contribution in [1.29, 1.82) is 0 Å². The molecule has 3 atom stereocenters. The second-order valence-corrected chi connectivity index (χ2v) is 6.61. The Kier molecular flexibility index (Phi) is 6.99. The van der Waals surface area contributed by atoms with E-state index in [0.717, 1.165) is 12.8 Å². The van der Waals surface area contributed by atoms with Gasteiger partial charge in [-0.15, -0.1) is 0 Å². The van der Waals surface area contributed by atoms with Gasteiger partial charge in [0.2, 0.25) is 0 Å². The summed E-state index contributed by atoms with van der Waals surface area (Å²) < 4.78 is 0. The van der Waals surface area contributed by atoms with E-state index in [2.05, 4.69) is 19.2 Å². The van der Waals surface area contributed by atoms with Crippen LogP contribution >= 0.6 is 0 Å². The van der Waals surface area contributed by atoms with Crippen molar-refractivity contribution in [1.82, 2.24) is 10.2 Å². The normalized spacial score (nSPS) is 25.7. The molecule has 0 bridgehead atoms. The van der Waals surface area contributed by atoms with Crippen LogP contribution in [0.3, 0.4) is 0 Å². The molecule has 0 aromatic rings. The zero-order chi connectivity index (χ0) is 16.0. The van der Waals surface area contributed by atoms with Gasteiger partial charge < -0.3 is 15.3 Å². The molecule has 1 aliphatic carbocycles. The minimum Gasteiger partial charge on any atom is -0.481 e. The number of hydrogen-bond acceptors (Lipinski definition) is 2. The SMILES string of the molecule is CC1CCCC(NC(=O)N(CCCC(=O)O)C(C)C)C1C. The van der Waals surface area contributed by atoms with Crippen LogP contribution in [0.25, 0.3) is 0 Å². The Morgan fingerprint density at radius 2 is 1.95 bits per heavy atom. The molecule has 1 fully saturated rings. The molecule has 5 heteroatoms. The van der Waals surface area contributed by atoms with Crippen molar-refractivity contribution in [2.45, 2.75) is 71.9 Å². The number of rotatable bonds is 6. The van der Waals surface area contributed by atoms with Crippen LogP contribution in [0.5, 0.6) is 0 Å². The van der Waals surface area contributed by atoms with E-state index >= 15 is 0 Å². The Labute approximate surface area is 128 Å². The summed E-state index contributed by atoms with van der Waals surface area (Å²) in [5, 5.41) is 11.9. The number of nitrogens with one attached hydrogen (secondary N) is 1. The van der Waals surface area contributed by atoms with E-state index in [0.29, 0.717) is 24.8 Å². The van der Waals surface area contributed by atoms with Gasteiger partial charge in [0.25, 0.3) is 0 Å². The van der Waals surface area contributed by atoms with E-state index in [1.807, 2.05) is 13.8 Å². The molecular weight excluding hydrogens is 268 g/mol. The van der Waals surface area contributed by atoms with E-state index < -0.39 is 5.97 Å². The molecule has 1 saturated carbocycles. The molecule has 2 amide bonds. The highest BCUT2D eigenvalue weighted by Gasteiger charge is 2.29. The average Bonchev–Trinajstić information content (AvgIpc) is 2.39. The zero-order valence-electron chi connectivity index (χ0n) is 13.8. The predicted molar refractivity (Wildman–Crippen MR) is 83.2 cm³/mol. The molecule has 5 nitrogen and oxygen atoms in total. The van der Waals surface area contributed by atoms with Crippen LogP contribution in [-0.4, -0.2) is 40.6 Å². The van der Waals surface area contributed by atoms with Gasteiger partial charge in [-0.2, -0.15) is 0 Å². The van der Waals surface area contributed by atoms with Crippen LogP contribution in [0.4, 0.5) is 4.79 Å². The molecule has 2 N–H and O–H groups in total. The molecule has 0 saturated heterocycles. The van der Waals surface area contributed by atoms with Crippen molar-refractivity contribution in [3.63, 3.8) is 0 Å². The molecule has 0 radical (unpaired) electrons. The minimum absolute atomic E-state index is 0.0543. The molecule has 0 aromatic heterocycles. The van der Waals surface area contributed by atoms with Gasteiger partial charge in [-0.3, -0.25) is 4.79 Å². The highest BCUT2D eigenvalue weighted by molar-refractivity contribution is 5.75. The first kappa shape index (κ1) is 17.8. The van der Waals surface area contributed by atoms with Crippen LogP contribution in [-0.2, 0) is 4.79 Å². The molecular formula is C16H30N2O3. The molecule has 0 aromatic carbocycles. The van der Waals surface area contributed by atoms with E-state index in [-0.39, 0.29) is 24.5 Å². The van der Waals surface area contributed by atoms with Gasteiger partial charge in [0.15, 0.2) is 0 Å². The summed E-state index contributed by atoms with van der Waals surface area (Å²) in [6.45, 7) is 8.88. The summed E-state index contributed by atoms with van der Waals surface area (Å²) in [7, 11) is 0. The first-order valence-corrected chi connectivity index (χ1v) is 8.11. The number of aliphatic carboxylic acids is 1. The predicted octanol–water partition coefficient (Wildman–Crippen LogP) is 3.10. The molecule has 0 heterocycles. The lowest BCUT2D eigenvalue weighted by atomic mass is 9.78. The Bertz CT molecular complexity index is 357. The van der Waals surface area contributed by atoms with Crippen molar-refractivity contribution in [3.05, 3.63) is 0 Å². The molecule has 1 rings (SSSR count). The highest BCUT2D eigenvalue weighted by atomic mass is 16.4. The third kappa shape index (κ3) is 5.56. The lowest BCUT2D eigenvalue weighted by molar-refractivity contribution is -0.137. The maximum absolute atomic E-state index is 12.4. The second kappa shape index (κ2) is 8.25.